The van der Waals surface area contributed by atoms with Gasteiger partial charge in [-0.3, -0.25) is 18.8 Å². The van der Waals surface area contributed by atoms with Crippen molar-refractivity contribution in [2.45, 2.75) is 4.90 Å². The number of fused-ring (bicyclic) bond motifs is 1. The molecule has 0 atom stereocenters. The molecule has 0 amide bonds. The van der Waals surface area contributed by atoms with Gasteiger partial charge in [0.15, 0.2) is 17.3 Å². The lowest BCUT2D eigenvalue weighted by atomic mass is 10.2. The standard InChI is InChI=1S/C17H14F2N8O4S/c1-25-7-8(5-22-25)32(30,31)24-11-4-3-10(18)13(12(11)19)27-15(28)9-6-21-16(20)23-14(9)26(2)17(27)29/h3-7,24H,1-2H3,(H2,20,21,23). The van der Waals surface area contributed by atoms with Crippen LogP contribution in [0.3, 0.4) is 0 Å². The maximum absolute atomic E-state index is 15.3. The first-order chi connectivity index (χ1) is 15.0. The Morgan fingerprint density at radius 1 is 1.12 bits per heavy atom. The zero-order chi connectivity index (χ0) is 23.4. The molecule has 0 fully saturated rings. The fourth-order valence-electron chi connectivity index (χ4n) is 3.00. The molecule has 0 aliphatic carbocycles. The second-order valence-electron chi connectivity index (χ2n) is 6.66. The summed E-state index contributed by atoms with van der Waals surface area (Å²) in [5, 5.41) is 3.49. The van der Waals surface area contributed by atoms with Gasteiger partial charge in [-0.15, -0.1) is 0 Å². The molecule has 1 aromatic carbocycles. The summed E-state index contributed by atoms with van der Waals surface area (Å²) in [6.45, 7) is 0. The zero-order valence-corrected chi connectivity index (χ0v) is 17.3. The van der Waals surface area contributed by atoms with Crippen LogP contribution in [0.5, 0.6) is 0 Å². The summed E-state index contributed by atoms with van der Waals surface area (Å²) in [5.41, 5.74) is 1.33. The number of benzene rings is 1. The van der Waals surface area contributed by atoms with Gasteiger partial charge in [0.05, 0.1) is 11.9 Å². The number of nitrogen functional groups attached to an aromatic ring is 1. The predicted octanol–water partition coefficient (Wildman–Crippen LogP) is -0.126. The number of anilines is 2. The van der Waals surface area contributed by atoms with Crippen LogP contribution in [0.4, 0.5) is 20.4 Å². The first-order valence-corrected chi connectivity index (χ1v) is 10.2. The molecule has 3 aromatic heterocycles. The van der Waals surface area contributed by atoms with Crippen molar-refractivity contribution in [3.8, 4) is 5.69 Å². The Morgan fingerprint density at radius 2 is 1.84 bits per heavy atom. The number of nitrogens with one attached hydrogen (secondary N) is 1. The average molecular weight is 464 g/mol. The van der Waals surface area contributed by atoms with Crippen LogP contribution in [0.15, 0.2) is 45.2 Å². The molecule has 0 bridgehead atoms. The summed E-state index contributed by atoms with van der Waals surface area (Å²) in [5.74, 6) is -2.97. The summed E-state index contributed by atoms with van der Waals surface area (Å²) in [7, 11) is -1.59. The SMILES string of the molecule is Cn1cc(S(=O)(=O)Nc2ccc(F)c(-n3c(=O)c4cnc(N)nc4n(C)c3=O)c2F)cn1. The maximum Gasteiger partial charge on any atom is 0.337 e. The van der Waals surface area contributed by atoms with E-state index in [1.807, 2.05) is 4.72 Å². The molecule has 4 rings (SSSR count). The Morgan fingerprint density at radius 3 is 2.50 bits per heavy atom. The Kier molecular flexibility index (Phi) is 4.77. The van der Waals surface area contributed by atoms with Gasteiger partial charge >= 0.3 is 5.69 Å². The van der Waals surface area contributed by atoms with Crippen LogP contribution in [-0.4, -0.2) is 37.3 Å². The Bertz CT molecular complexity index is 1620. The molecule has 166 valence electrons. The van der Waals surface area contributed by atoms with E-state index in [1.165, 1.54) is 25.0 Å². The van der Waals surface area contributed by atoms with Crippen LogP contribution in [0.1, 0.15) is 0 Å². The number of halogens is 2. The number of aromatic nitrogens is 6. The van der Waals surface area contributed by atoms with E-state index >= 15 is 4.39 Å². The van der Waals surface area contributed by atoms with Gasteiger partial charge in [-0.05, 0) is 12.1 Å². The van der Waals surface area contributed by atoms with Crippen LogP contribution in [0.2, 0.25) is 0 Å². The van der Waals surface area contributed by atoms with Gasteiger partial charge in [0.1, 0.15) is 16.0 Å². The number of rotatable bonds is 4. The Balaban J connectivity index is 1.95. The minimum atomic E-state index is -4.30. The molecule has 0 radical (unpaired) electrons. The van der Waals surface area contributed by atoms with Crippen LogP contribution < -0.4 is 21.7 Å². The topological polar surface area (TPSA) is 160 Å². The quantitative estimate of drug-likeness (QED) is 0.423. The monoisotopic (exact) mass is 464 g/mol. The van der Waals surface area contributed by atoms with E-state index in [9.17, 15) is 22.4 Å². The van der Waals surface area contributed by atoms with Crippen molar-refractivity contribution in [2.75, 3.05) is 10.5 Å². The largest absolute Gasteiger partial charge is 0.368 e. The second kappa shape index (κ2) is 7.23. The van der Waals surface area contributed by atoms with E-state index in [0.29, 0.717) is 0 Å². The lowest BCUT2D eigenvalue weighted by Crippen LogP contribution is -2.39. The highest BCUT2D eigenvalue weighted by Crippen LogP contribution is 2.25. The van der Waals surface area contributed by atoms with E-state index in [0.717, 1.165) is 29.1 Å². The Hall–Kier alpha value is -4.14. The van der Waals surface area contributed by atoms with Gasteiger partial charge < -0.3 is 5.73 Å². The smallest absolute Gasteiger partial charge is 0.337 e. The van der Waals surface area contributed by atoms with Crippen LogP contribution >= 0.6 is 0 Å². The minimum absolute atomic E-state index is 0.141. The van der Waals surface area contributed by atoms with Crippen LogP contribution in [-0.2, 0) is 24.1 Å². The molecule has 3 N–H and O–H groups in total. The molecule has 0 spiro atoms. The van der Waals surface area contributed by atoms with Crippen molar-refractivity contribution in [1.82, 2.24) is 28.9 Å². The third kappa shape index (κ3) is 3.27. The molecular weight excluding hydrogens is 450 g/mol. The van der Waals surface area contributed by atoms with Gasteiger partial charge in [0, 0.05) is 26.5 Å². The molecule has 0 aliphatic heterocycles. The summed E-state index contributed by atoms with van der Waals surface area (Å²) in [6.07, 6.45) is 3.21. The number of nitrogens with two attached hydrogens (primary N) is 1. The molecule has 15 heteroatoms. The maximum atomic E-state index is 15.3. The normalized spacial score (nSPS) is 11.8. The molecule has 0 saturated heterocycles. The van der Waals surface area contributed by atoms with Gasteiger partial charge in [0.25, 0.3) is 15.6 Å². The summed E-state index contributed by atoms with van der Waals surface area (Å²) in [6, 6.07) is 1.54. The minimum Gasteiger partial charge on any atom is -0.368 e. The molecular formula is C17H14F2N8O4S. The fraction of sp³-hybridized carbons (Fsp3) is 0.118. The van der Waals surface area contributed by atoms with E-state index in [2.05, 4.69) is 15.1 Å². The number of hydrogen-bond acceptors (Lipinski definition) is 8. The van der Waals surface area contributed by atoms with Crippen molar-refractivity contribution in [2.24, 2.45) is 14.1 Å². The molecule has 0 aliphatic rings. The lowest BCUT2D eigenvalue weighted by Gasteiger charge is -2.14. The molecule has 0 unspecified atom stereocenters. The van der Waals surface area contributed by atoms with E-state index < -0.39 is 44.3 Å². The average Bonchev–Trinajstić information content (AvgIpc) is 3.18. The van der Waals surface area contributed by atoms with Crippen molar-refractivity contribution < 1.29 is 17.2 Å². The molecule has 32 heavy (non-hydrogen) atoms. The van der Waals surface area contributed by atoms with Crippen molar-refractivity contribution in [1.29, 1.82) is 0 Å². The lowest BCUT2D eigenvalue weighted by molar-refractivity contribution is 0.560. The summed E-state index contributed by atoms with van der Waals surface area (Å²) < 4.78 is 59.2. The second-order valence-corrected chi connectivity index (χ2v) is 8.34. The number of nitrogens with zero attached hydrogens (tertiary/aromatic N) is 6. The summed E-state index contributed by atoms with van der Waals surface area (Å²) in [4.78, 5) is 32.9. The highest BCUT2D eigenvalue weighted by atomic mass is 32.2. The number of aryl methyl sites for hydroxylation is 2. The van der Waals surface area contributed by atoms with Gasteiger partial charge in [-0.1, -0.05) is 0 Å². The highest BCUT2D eigenvalue weighted by molar-refractivity contribution is 7.92. The van der Waals surface area contributed by atoms with Crippen LogP contribution in [0, 0.1) is 11.6 Å². The van der Waals surface area contributed by atoms with E-state index in [-0.39, 0.29) is 26.4 Å². The zero-order valence-electron chi connectivity index (χ0n) is 16.4. The third-order valence-electron chi connectivity index (χ3n) is 4.54. The fourth-order valence-corrected chi connectivity index (χ4v) is 4.05. The van der Waals surface area contributed by atoms with Crippen molar-refractivity contribution >= 4 is 32.7 Å². The summed E-state index contributed by atoms with van der Waals surface area (Å²) >= 11 is 0. The molecule has 3 heterocycles. The van der Waals surface area contributed by atoms with Crippen molar-refractivity contribution in [3.63, 3.8) is 0 Å². The number of sulfonamides is 1. The van der Waals surface area contributed by atoms with Gasteiger partial charge in [-0.2, -0.15) is 10.1 Å². The number of hydrogen-bond donors (Lipinski definition) is 2. The highest BCUT2D eigenvalue weighted by Gasteiger charge is 2.25. The van der Waals surface area contributed by atoms with Crippen molar-refractivity contribution in [3.05, 3.63) is 63.2 Å². The molecule has 12 nitrogen and oxygen atoms in total. The van der Waals surface area contributed by atoms with Crippen LogP contribution in [0.25, 0.3) is 16.7 Å². The van der Waals surface area contributed by atoms with E-state index in [4.69, 9.17) is 5.73 Å². The first-order valence-electron chi connectivity index (χ1n) is 8.75. The van der Waals surface area contributed by atoms with E-state index in [1.54, 1.807) is 0 Å². The van der Waals surface area contributed by atoms with Gasteiger partial charge in [0.2, 0.25) is 5.95 Å². The molecule has 0 saturated carbocycles. The first kappa shape index (κ1) is 21.1. The Labute approximate surface area is 177 Å². The predicted molar refractivity (Wildman–Crippen MR) is 109 cm³/mol. The third-order valence-corrected chi connectivity index (χ3v) is 5.86. The molecule has 4 aromatic rings. The van der Waals surface area contributed by atoms with Gasteiger partial charge in [-0.25, -0.2) is 31.5 Å².